The normalized spacial score (nSPS) is 18.0. The summed E-state index contributed by atoms with van der Waals surface area (Å²) in [6, 6.07) is 2.38. The Hall–Kier alpha value is -1.87. The minimum absolute atomic E-state index is 0.0365. The van der Waals surface area contributed by atoms with Crippen molar-refractivity contribution in [3.8, 4) is 0 Å². The highest BCUT2D eigenvalue weighted by molar-refractivity contribution is 7.89. The number of amides is 1. The third kappa shape index (κ3) is 4.09. The van der Waals surface area contributed by atoms with Crippen LogP contribution in [0, 0.1) is 11.8 Å². The van der Waals surface area contributed by atoms with Crippen LogP contribution in [-0.2, 0) is 14.8 Å². The van der Waals surface area contributed by atoms with Gasteiger partial charge in [0.05, 0.1) is 0 Å². The molecule has 1 aromatic heterocycles. The van der Waals surface area contributed by atoms with Crippen molar-refractivity contribution >= 4 is 21.9 Å². The number of piperidine rings is 1. The monoisotopic (exact) mass is 386 g/mol. The molecule has 2 heterocycles. The molecule has 0 bridgehead atoms. The summed E-state index contributed by atoms with van der Waals surface area (Å²) in [6.45, 7) is 6.51. The van der Waals surface area contributed by atoms with Crippen LogP contribution in [0.4, 0.5) is 0 Å². The Balaban J connectivity index is 2.03. The number of hydrogen-bond acceptors (Lipinski definition) is 5. The quantitative estimate of drug-likeness (QED) is 0.800. The molecular weight excluding hydrogens is 360 g/mol. The predicted octanol–water partition coefficient (Wildman–Crippen LogP) is 1.88. The van der Waals surface area contributed by atoms with Gasteiger partial charge in [0.2, 0.25) is 16.8 Å². The SMILES string of the molecule is CC(C)C(C)N(C)C(=O)C1CCN(S(=O)(=O)c2ccc(C(=O)O)o2)CC1. The number of sulfonamides is 1. The van der Waals surface area contributed by atoms with Gasteiger partial charge in [0.1, 0.15) is 0 Å². The molecule has 0 aromatic carbocycles. The Morgan fingerprint density at radius 1 is 1.23 bits per heavy atom. The van der Waals surface area contributed by atoms with Crippen LogP contribution >= 0.6 is 0 Å². The third-order valence-corrected chi connectivity index (χ3v) is 6.89. The van der Waals surface area contributed by atoms with Gasteiger partial charge in [-0.15, -0.1) is 0 Å². The van der Waals surface area contributed by atoms with Crippen molar-refractivity contribution in [1.29, 1.82) is 0 Å². The van der Waals surface area contributed by atoms with Crippen LogP contribution in [0.25, 0.3) is 0 Å². The van der Waals surface area contributed by atoms with Crippen molar-refractivity contribution in [3.63, 3.8) is 0 Å². The Kier molecular flexibility index (Phi) is 6.13. The van der Waals surface area contributed by atoms with E-state index < -0.39 is 21.8 Å². The zero-order valence-corrected chi connectivity index (χ0v) is 16.3. The second-order valence-electron chi connectivity index (χ2n) is 7.04. The number of carboxylic acid groups (broad SMARTS) is 1. The molecular formula is C17H26N2O6S. The molecule has 2 rings (SSSR count). The van der Waals surface area contributed by atoms with E-state index in [1.165, 1.54) is 4.31 Å². The van der Waals surface area contributed by atoms with E-state index >= 15 is 0 Å². The number of furan rings is 1. The lowest BCUT2D eigenvalue weighted by Gasteiger charge is -2.35. The van der Waals surface area contributed by atoms with E-state index in [0.717, 1.165) is 12.1 Å². The number of hydrogen-bond donors (Lipinski definition) is 1. The van der Waals surface area contributed by atoms with Crippen LogP contribution < -0.4 is 0 Å². The maximum absolute atomic E-state index is 12.6. The minimum Gasteiger partial charge on any atom is -0.475 e. The summed E-state index contributed by atoms with van der Waals surface area (Å²) in [7, 11) is -2.11. The molecule has 1 aromatic rings. The van der Waals surface area contributed by atoms with Gasteiger partial charge in [-0.05, 0) is 37.8 Å². The van der Waals surface area contributed by atoms with Gasteiger partial charge < -0.3 is 14.4 Å². The Morgan fingerprint density at radius 2 is 1.81 bits per heavy atom. The first-order valence-electron chi connectivity index (χ1n) is 8.65. The molecule has 0 radical (unpaired) electrons. The van der Waals surface area contributed by atoms with Gasteiger partial charge >= 0.3 is 5.97 Å². The first kappa shape index (κ1) is 20.4. The summed E-state index contributed by atoms with van der Waals surface area (Å²) in [5.74, 6) is -1.57. The summed E-state index contributed by atoms with van der Waals surface area (Å²) in [5, 5.41) is 8.48. The fourth-order valence-corrected chi connectivity index (χ4v) is 4.36. The number of carbonyl (C=O) groups is 2. The zero-order chi connectivity index (χ0) is 19.6. The van der Waals surface area contributed by atoms with Gasteiger partial charge in [-0.1, -0.05) is 13.8 Å². The first-order valence-corrected chi connectivity index (χ1v) is 10.1. The fraction of sp³-hybridized carbons (Fsp3) is 0.647. The zero-order valence-electron chi connectivity index (χ0n) is 15.5. The molecule has 0 aliphatic carbocycles. The lowest BCUT2D eigenvalue weighted by atomic mass is 9.95. The molecule has 1 atom stereocenters. The standard InChI is InChI=1S/C17H26N2O6S/c1-11(2)12(3)18(4)16(20)13-7-9-19(10-8-13)26(23,24)15-6-5-14(25-15)17(21)22/h5-6,11-13H,7-10H2,1-4H3,(H,21,22). The van der Waals surface area contributed by atoms with E-state index in [0.29, 0.717) is 18.8 Å². The van der Waals surface area contributed by atoms with Gasteiger partial charge in [-0.25, -0.2) is 13.2 Å². The molecule has 1 amide bonds. The topological polar surface area (TPSA) is 108 Å². The molecule has 1 fully saturated rings. The molecule has 1 N–H and O–H groups in total. The number of carbonyl (C=O) groups excluding carboxylic acids is 1. The second kappa shape index (κ2) is 7.79. The van der Waals surface area contributed by atoms with E-state index in [1.807, 2.05) is 6.92 Å². The maximum Gasteiger partial charge on any atom is 0.371 e. The van der Waals surface area contributed by atoms with Crippen LogP contribution in [0.15, 0.2) is 21.6 Å². The Morgan fingerprint density at radius 3 is 2.27 bits per heavy atom. The molecule has 0 spiro atoms. The van der Waals surface area contributed by atoms with Crippen LogP contribution in [0.1, 0.15) is 44.2 Å². The van der Waals surface area contributed by atoms with Gasteiger partial charge in [0, 0.05) is 32.1 Å². The van der Waals surface area contributed by atoms with Crippen LogP contribution in [0.3, 0.4) is 0 Å². The predicted molar refractivity (Wildman–Crippen MR) is 94.2 cm³/mol. The number of nitrogens with zero attached hydrogens (tertiary/aromatic N) is 2. The highest BCUT2D eigenvalue weighted by Crippen LogP contribution is 2.27. The van der Waals surface area contributed by atoms with Gasteiger partial charge in [-0.2, -0.15) is 4.31 Å². The Bertz CT molecular complexity index is 762. The summed E-state index contributed by atoms with van der Waals surface area (Å²) in [6.07, 6.45) is 0.861. The Labute approximate surface area is 153 Å². The molecule has 1 aliphatic rings. The molecule has 1 unspecified atom stereocenters. The lowest BCUT2D eigenvalue weighted by molar-refractivity contribution is -0.138. The summed E-state index contributed by atoms with van der Waals surface area (Å²) < 4.78 is 31.3. The van der Waals surface area contributed by atoms with Crippen molar-refractivity contribution in [3.05, 3.63) is 17.9 Å². The van der Waals surface area contributed by atoms with Gasteiger partial charge in [0.25, 0.3) is 10.0 Å². The van der Waals surface area contributed by atoms with Gasteiger partial charge in [0.15, 0.2) is 0 Å². The summed E-state index contributed by atoms with van der Waals surface area (Å²) >= 11 is 0. The number of rotatable bonds is 6. The van der Waals surface area contributed by atoms with E-state index in [1.54, 1.807) is 11.9 Å². The van der Waals surface area contributed by atoms with Crippen LogP contribution in [0.5, 0.6) is 0 Å². The van der Waals surface area contributed by atoms with E-state index in [9.17, 15) is 18.0 Å². The van der Waals surface area contributed by atoms with Crippen molar-refractivity contribution in [1.82, 2.24) is 9.21 Å². The molecule has 1 aliphatic heterocycles. The van der Waals surface area contributed by atoms with Crippen molar-refractivity contribution in [2.45, 2.75) is 44.7 Å². The van der Waals surface area contributed by atoms with Crippen LogP contribution in [-0.4, -0.2) is 60.8 Å². The highest BCUT2D eigenvalue weighted by Gasteiger charge is 2.35. The first-order chi connectivity index (χ1) is 12.1. The second-order valence-corrected chi connectivity index (χ2v) is 8.90. The summed E-state index contributed by atoms with van der Waals surface area (Å²) in [4.78, 5) is 25.2. The fourth-order valence-electron chi connectivity index (χ4n) is 2.98. The molecule has 9 heteroatoms. The molecule has 26 heavy (non-hydrogen) atoms. The van der Waals surface area contributed by atoms with Crippen molar-refractivity contribution in [2.24, 2.45) is 11.8 Å². The summed E-state index contributed by atoms with van der Waals surface area (Å²) in [5.41, 5.74) is 0. The van der Waals surface area contributed by atoms with E-state index in [4.69, 9.17) is 9.52 Å². The van der Waals surface area contributed by atoms with Crippen molar-refractivity contribution < 1.29 is 27.5 Å². The van der Waals surface area contributed by atoms with Gasteiger partial charge in [-0.3, -0.25) is 4.79 Å². The average molecular weight is 386 g/mol. The molecule has 8 nitrogen and oxygen atoms in total. The average Bonchev–Trinajstić information content (AvgIpc) is 3.11. The third-order valence-electron chi connectivity index (χ3n) is 5.11. The smallest absolute Gasteiger partial charge is 0.371 e. The number of aromatic carboxylic acids is 1. The van der Waals surface area contributed by atoms with Crippen LogP contribution in [0.2, 0.25) is 0 Å². The molecule has 146 valence electrons. The molecule has 0 saturated carbocycles. The van der Waals surface area contributed by atoms with Crippen molar-refractivity contribution in [2.75, 3.05) is 20.1 Å². The largest absolute Gasteiger partial charge is 0.475 e. The maximum atomic E-state index is 12.6. The molecule has 1 saturated heterocycles. The number of carboxylic acids is 1. The minimum atomic E-state index is -3.90. The highest BCUT2D eigenvalue weighted by atomic mass is 32.2. The van der Waals surface area contributed by atoms with E-state index in [2.05, 4.69) is 13.8 Å². The van der Waals surface area contributed by atoms with E-state index in [-0.39, 0.29) is 36.0 Å². The lowest BCUT2D eigenvalue weighted by Crippen LogP contribution is -2.46.